The molecule has 0 saturated heterocycles. The minimum Gasteiger partial charge on any atom is -0.378 e. The molecule has 18 heavy (non-hydrogen) atoms. The second-order valence-electron chi connectivity index (χ2n) is 5.19. The highest BCUT2D eigenvalue weighted by Crippen LogP contribution is 2.34. The van der Waals surface area contributed by atoms with Gasteiger partial charge in [-0.05, 0) is 34.7 Å². The number of anilines is 1. The molecule has 0 spiro atoms. The summed E-state index contributed by atoms with van der Waals surface area (Å²) in [5.41, 5.74) is 7.05. The number of rotatable bonds is 1. The van der Waals surface area contributed by atoms with Crippen molar-refractivity contribution in [1.82, 2.24) is 5.32 Å². The van der Waals surface area contributed by atoms with Crippen molar-refractivity contribution in [2.75, 3.05) is 5.32 Å². The Morgan fingerprint density at radius 2 is 1.78 bits per heavy atom. The van der Waals surface area contributed by atoms with E-state index in [0.29, 0.717) is 6.04 Å². The highest BCUT2D eigenvalue weighted by molar-refractivity contribution is 5.58. The van der Waals surface area contributed by atoms with E-state index >= 15 is 0 Å². The first kappa shape index (κ1) is 10.2. The average Bonchev–Trinajstić information content (AvgIpc) is 3.04. The fourth-order valence-corrected chi connectivity index (χ4v) is 3.03. The molecule has 0 saturated carbocycles. The molecule has 2 aliphatic heterocycles. The van der Waals surface area contributed by atoms with Gasteiger partial charge >= 0.3 is 0 Å². The van der Waals surface area contributed by atoms with Crippen molar-refractivity contribution in [2.45, 2.75) is 25.6 Å². The van der Waals surface area contributed by atoms with Crippen molar-refractivity contribution in [3.63, 3.8) is 0 Å². The lowest BCUT2D eigenvalue weighted by Crippen LogP contribution is -2.06. The standard InChI is InChI=1S/C16H16N2/c1-2-4-15-11(3-1)8-16(18-15)12-5-6-13-9-17-10-14(13)7-12/h1-7,16-18H,8-10H2/t16-/m0/s1. The predicted molar refractivity (Wildman–Crippen MR) is 73.5 cm³/mol. The first-order valence-electron chi connectivity index (χ1n) is 6.57. The Balaban J connectivity index is 1.66. The summed E-state index contributed by atoms with van der Waals surface area (Å²) in [6, 6.07) is 16.0. The summed E-state index contributed by atoms with van der Waals surface area (Å²) in [6.07, 6.45) is 1.10. The molecule has 0 unspecified atom stereocenters. The number of benzene rings is 2. The molecule has 0 aromatic heterocycles. The Kier molecular flexibility index (Phi) is 2.17. The van der Waals surface area contributed by atoms with Gasteiger partial charge in [0.15, 0.2) is 0 Å². The number of para-hydroxylation sites is 1. The molecule has 2 aromatic rings. The molecule has 2 N–H and O–H groups in total. The summed E-state index contributed by atoms with van der Waals surface area (Å²) >= 11 is 0. The topological polar surface area (TPSA) is 24.1 Å². The molecule has 0 amide bonds. The minimum atomic E-state index is 0.438. The Morgan fingerprint density at radius 1 is 0.889 bits per heavy atom. The van der Waals surface area contributed by atoms with Crippen molar-refractivity contribution in [3.8, 4) is 0 Å². The largest absolute Gasteiger partial charge is 0.378 e. The van der Waals surface area contributed by atoms with Crippen molar-refractivity contribution in [1.29, 1.82) is 0 Å². The van der Waals surface area contributed by atoms with E-state index in [1.54, 1.807) is 0 Å². The Labute approximate surface area is 107 Å². The fraction of sp³-hybridized carbons (Fsp3) is 0.250. The van der Waals surface area contributed by atoms with Crippen LogP contribution in [0.1, 0.15) is 28.3 Å². The Hall–Kier alpha value is -1.80. The molecule has 2 aromatic carbocycles. The van der Waals surface area contributed by atoms with Gasteiger partial charge in [0.25, 0.3) is 0 Å². The summed E-state index contributed by atoms with van der Waals surface area (Å²) in [7, 11) is 0. The molecular weight excluding hydrogens is 220 g/mol. The number of hydrogen-bond donors (Lipinski definition) is 2. The predicted octanol–water partition coefficient (Wildman–Crippen LogP) is 3.00. The van der Waals surface area contributed by atoms with E-state index in [2.05, 4.69) is 53.1 Å². The van der Waals surface area contributed by atoms with E-state index in [1.807, 2.05) is 0 Å². The second-order valence-corrected chi connectivity index (χ2v) is 5.19. The normalized spacial score (nSPS) is 20.3. The lowest BCUT2D eigenvalue weighted by atomic mass is 9.99. The zero-order valence-corrected chi connectivity index (χ0v) is 10.2. The van der Waals surface area contributed by atoms with Crippen LogP contribution in [0, 0.1) is 0 Å². The molecule has 0 aliphatic carbocycles. The van der Waals surface area contributed by atoms with Crippen molar-refractivity contribution < 1.29 is 0 Å². The molecule has 2 heterocycles. The molecule has 2 heteroatoms. The molecule has 0 bridgehead atoms. The van der Waals surface area contributed by atoms with Gasteiger partial charge in [0.05, 0.1) is 6.04 Å². The van der Waals surface area contributed by atoms with Crippen LogP contribution in [0.15, 0.2) is 42.5 Å². The van der Waals surface area contributed by atoms with Gasteiger partial charge in [-0.25, -0.2) is 0 Å². The van der Waals surface area contributed by atoms with Gasteiger partial charge in [-0.1, -0.05) is 36.4 Å². The average molecular weight is 236 g/mol. The molecule has 1 atom stereocenters. The van der Waals surface area contributed by atoms with E-state index in [4.69, 9.17) is 0 Å². The maximum absolute atomic E-state index is 3.62. The summed E-state index contributed by atoms with van der Waals surface area (Å²) in [4.78, 5) is 0. The second kappa shape index (κ2) is 3.85. The third-order valence-corrected chi connectivity index (χ3v) is 4.03. The van der Waals surface area contributed by atoms with Crippen LogP contribution in [0.2, 0.25) is 0 Å². The highest BCUT2D eigenvalue weighted by Gasteiger charge is 2.22. The SMILES string of the molecule is c1ccc2c(c1)C[C@@H](c1ccc3c(c1)CNC3)N2. The van der Waals surface area contributed by atoms with Gasteiger partial charge in [-0.2, -0.15) is 0 Å². The summed E-state index contributed by atoms with van der Waals surface area (Å²) in [5, 5.41) is 7.02. The van der Waals surface area contributed by atoms with Crippen LogP contribution < -0.4 is 10.6 Å². The van der Waals surface area contributed by atoms with E-state index in [1.165, 1.54) is 27.9 Å². The summed E-state index contributed by atoms with van der Waals surface area (Å²) < 4.78 is 0. The van der Waals surface area contributed by atoms with Crippen molar-refractivity contribution in [3.05, 3.63) is 64.7 Å². The molecular formula is C16H16N2. The highest BCUT2D eigenvalue weighted by atomic mass is 14.9. The zero-order chi connectivity index (χ0) is 11.9. The Morgan fingerprint density at radius 3 is 2.72 bits per heavy atom. The lowest BCUT2D eigenvalue weighted by molar-refractivity contribution is 0.764. The fourth-order valence-electron chi connectivity index (χ4n) is 3.03. The summed E-state index contributed by atoms with van der Waals surface area (Å²) in [6.45, 7) is 2.04. The molecule has 0 fully saturated rings. The maximum atomic E-state index is 3.62. The molecule has 2 aliphatic rings. The number of nitrogens with one attached hydrogen (secondary N) is 2. The smallest absolute Gasteiger partial charge is 0.0555 e. The zero-order valence-electron chi connectivity index (χ0n) is 10.2. The monoisotopic (exact) mass is 236 g/mol. The quantitative estimate of drug-likeness (QED) is 0.795. The maximum Gasteiger partial charge on any atom is 0.0555 e. The van der Waals surface area contributed by atoms with Crippen LogP contribution in [0.5, 0.6) is 0 Å². The molecule has 2 nitrogen and oxygen atoms in total. The van der Waals surface area contributed by atoms with Gasteiger partial charge < -0.3 is 10.6 Å². The third-order valence-electron chi connectivity index (χ3n) is 4.03. The van der Waals surface area contributed by atoms with Crippen LogP contribution in [0.4, 0.5) is 5.69 Å². The van der Waals surface area contributed by atoms with Crippen molar-refractivity contribution >= 4 is 5.69 Å². The van der Waals surface area contributed by atoms with E-state index in [9.17, 15) is 0 Å². The number of hydrogen-bond acceptors (Lipinski definition) is 2. The molecule has 4 rings (SSSR count). The first-order valence-corrected chi connectivity index (χ1v) is 6.57. The van der Waals surface area contributed by atoms with Gasteiger partial charge in [-0.3, -0.25) is 0 Å². The van der Waals surface area contributed by atoms with Crippen LogP contribution in [0.3, 0.4) is 0 Å². The van der Waals surface area contributed by atoms with Crippen LogP contribution in [-0.2, 0) is 19.5 Å². The van der Waals surface area contributed by atoms with Gasteiger partial charge in [0.1, 0.15) is 0 Å². The number of fused-ring (bicyclic) bond motifs is 2. The van der Waals surface area contributed by atoms with E-state index < -0.39 is 0 Å². The minimum absolute atomic E-state index is 0.438. The van der Waals surface area contributed by atoms with Crippen LogP contribution >= 0.6 is 0 Å². The van der Waals surface area contributed by atoms with Crippen LogP contribution in [-0.4, -0.2) is 0 Å². The van der Waals surface area contributed by atoms with E-state index in [-0.39, 0.29) is 0 Å². The van der Waals surface area contributed by atoms with E-state index in [0.717, 1.165) is 19.5 Å². The van der Waals surface area contributed by atoms with Gasteiger partial charge in [0, 0.05) is 18.8 Å². The van der Waals surface area contributed by atoms with Crippen molar-refractivity contribution in [2.24, 2.45) is 0 Å². The first-order chi connectivity index (χ1) is 8.90. The molecule has 0 radical (unpaired) electrons. The Bertz CT molecular complexity index is 579. The van der Waals surface area contributed by atoms with Gasteiger partial charge in [-0.15, -0.1) is 0 Å². The van der Waals surface area contributed by atoms with Crippen LogP contribution in [0.25, 0.3) is 0 Å². The summed E-state index contributed by atoms with van der Waals surface area (Å²) in [5.74, 6) is 0. The molecule has 90 valence electrons. The lowest BCUT2D eigenvalue weighted by Gasteiger charge is -2.13. The van der Waals surface area contributed by atoms with Gasteiger partial charge in [0.2, 0.25) is 0 Å². The third kappa shape index (κ3) is 1.53.